The Morgan fingerprint density at radius 3 is 2.48 bits per heavy atom. The van der Waals surface area contributed by atoms with Crippen molar-refractivity contribution in [2.45, 2.75) is 18.7 Å². The number of aliphatic imine (C=N–C) groups is 1. The molecule has 3 aromatic rings. The number of aromatic hydroxyl groups is 1. The van der Waals surface area contributed by atoms with Gasteiger partial charge >= 0.3 is 0 Å². The summed E-state index contributed by atoms with van der Waals surface area (Å²) in [6.45, 7) is 4.26. The molecule has 0 aliphatic heterocycles. The van der Waals surface area contributed by atoms with Crippen LogP contribution in [0.15, 0.2) is 76.6 Å². The predicted molar refractivity (Wildman–Crippen MR) is 115 cm³/mol. The Hall–Kier alpha value is -3.32. The second kappa shape index (κ2) is 8.79. The minimum absolute atomic E-state index is 0.0985. The maximum absolute atomic E-state index is 12.8. The highest BCUT2D eigenvalue weighted by Gasteiger charge is 2.15. The molecule has 150 valence electrons. The van der Waals surface area contributed by atoms with Gasteiger partial charge in [0.15, 0.2) is 0 Å². The van der Waals surface area contributed by atoms with Crippen molar-refractivity contribution in [3.8, 4) is 11.5 Å². The van der Waals surface area contributed by atoms with Gasteiger partial charge in [0.1, 0.15) is 11.5 Å². The monoisotopic (exact) mass is 410 g/mol. The molecule has 3 rings (SSSR count). The van der Waals surface area contributed by atoms with Crippen molar-refractivity contribution in [1.29, 1.82) is 0 Å². The fourth-order valence-corrected chi connectivity index (χ4v) is 3.71. The summed E-state index contributed by atoms with van der Waals surface area (Å²) >= 11 is 0. The Labute approximate surface area is 170 Å². The molecule has 0 amide bonds. The van der Waals surface area contributed by atoms with Gasteiger partial charge in [-0.1, -0.05) is 18.2 Å². The van der Waals surface area contributed by atoms with Gasteiger partial charge in [0.2, 0.25) is 0 Å². The van der Waals surface area contributed by atoms with Gasteiger partial charge in [-0.2, -0.15) is 0 Å². The van der Waals surface area contributed by atoms with Gasteiger partial charge in [-0.3, -0.25) is 9.71 Å². The molecule has 3 aromatic carbocycles. The summed E-state index contributed by atoms with van der Waals surface area (Å²) in [5.41, 5.74) is 2.31. The number of hydrogen-bond donors (Lipinski definition) is 2. The molecule has 0 unspecified atom stereocenters. The number of nitrogens with zero attached hydrogens (tertiary/aromatic N) is 1. The molecule has 2 N–H and O–H groups in total. The molecular weight excluding hydrogens is 388 g/mol. The van der Waals surface area contributed by atoms with Crippen molar-refractivity contribution in [2.75, 3.05) is 11.3 Å². The Morgan fingerprint density at radius 2 is 1.79 bits per heavy atom. The van der Waals surface area contributed by atoms with E-state index in [0.717, 1.165) is 5.56 Å². The first-order chi connectivity index (χ1) is 13.9. The van der Waals surface area contributed by atoms with Crippen LogP contribution in [0.25, 0.3) is 0 Å². The lowest BCUT2D eigenvalue weighted by atomic mass is 10.2. The zero-order valence-electron chi connectivity index (χ0n) is 16.2. The zero-order valence-corrected chi connectivity index (χ0v) is 17.0. The van der Waals surface area contributed by atoms with Crippen LogP contribution in [-0.2, 0) is 10.0 Å². The molecular formula is C22H22N2O4S. The average Bonchev–Trinajstić information content (AvgIpc) is 2.70. The number of para-hydroxylation sites is 1. The molecule has 29 heavy (non-hydrogen) atoms. The molecule has 0 aliphatic carbocycles. The molecule has 0 saturated carbocycles. The summed E-state index contributed by atoms with van der Waals surface area (Å²) in [4.78, 5) is 4.45. The number of nitrogens with one attached hydrogen (secondary N) is 1. The normalized spacial score (nSPS) is 11.5. The van der Waals surface area contributed by atoms with Crippen molar-refractivity contribution in [2.24, 2.45) is 4.99 Å². The van der Waals surface area contributed by atoms with Crippen LogP contribution in [0.5, 0.6) is 11.5 Å². The fourth-order valence-electron chi connectivity index (χ4n) is 2.63. The third-order valence-corrected chi connectivity index (χ3v) is 5.57. The summed E-state index contributed by atoms with van der Waals surface area (Å²) < 4.78 is 33.5. The first kappa shape index (κ1) is 20.4. The van der Waals surface area contributed by atoms with E-state index in [0.29, 0.717) is 29.3 Å². The van der Waals surface area contributed by atoms with E-state index in [1.807, 2.05) is 13.8 Å². The number of ether oxygens (including phenoxy) is 1. The highest BCUT2D eigenvalue weighted by atomic mass is 32.2. The topological polar surface area (TPSA) is 88.0 Å². The third-order valence-electron chi connectivity index (χ3n) is 4.19. The Kier molecular flexibility index (Phi) is 6.19. The van der Waals surface area contributed by atoms with Gasteiger partial charge in [0.25, 0.3) is 10.0 Å². The number of sulfonamides is 1. The van der Waals surface area contributed by atoms with E-state index in [1.165, 1.54) is 18.3 Å². The number of benzene rings is 3. The summed E-state index contributed by atoms with van der Waals surface area (Å²) in [7, 11) is -3.78. The van der Waals surface area contributed by atoms with E-state index in [4.69, 9.17) is 4.74 Å². The number of aryl methyl sites for hydroxylation is 1. The number of phenols is 1. The smallest absolute Gasteiger partial charge is 0.261 e. The second-order valence-electron chi connectivity index (χ2n) is 6.33. The van der Waals surface area contributed by atoms with Crippen molar-refractivity contribution < 1.29 is 18.3 Å². The summed E-state index contributed by atoms with van der Waals surface area (Å²) in [5, 5.41) is 9.85. The molecule has 0 saturated heterocycles. The molecule has 0 radical (unpaired) electrons. The minimum atomic E-state index is -3.78. The van der Waals surface area contributed by atoms with Crippen LogP contribution in [0.2, 0.25) is 0 Å². The van der Waals surface area contributed by atoms with Gasteiger partial charge in [0.05, 0.1) is 17.2 Å². The molecule has 0 aliphatic rings. The van der Waals surface area contributed by atoms with Gasteiger partial charge in [-0.05, 0) is 67.9 Å². The zero-order chi connectivity index (χ0) is 20.9. The van der Waals surface area contributed by atoms with Crippen LogP contribution in [0.3, 0.4) is 0 Å². The first-order valence-electron chi connectivity index (χ1n) is 9.07. The molecule has 7 heteroatoms. The Balaban J connectivity index is 1.84. The van der Waals surface area contributed by atoms with Gasteiger partial charge < -0.3 is 9.84 Å². The first-order valence-corrected chi connectivity index (χ1v) is 10.6. The quantitative estimate of drug-likeness (QED) is 0.555. The van der Waals surface area contributed by atoms with Crippen molar-refractivity contribution >= 4 is 27.6 Å². The minimum Gasteiger partial charge on any atom is -0.507 e. The molecule has 6 nitrogen and oxygen atoms in total. The van der Waals surface area contributed by atoms with Gasteiger partial charge in [-0.25, -0.2) is 8.42 Å². The van der Waals surface area contributed by atoms with E-state index in [-0.39, 0.29) is 10.6 Å². The number of phenolic OH excluding ortho intramolecular Hbond substituents is 1. The number of rotatable bonds is 7. The lowest BCUT2D eigenvalue weighted by Gasteiger charge is -2.10. The van der Waals surface area contributed by atoms with Crippen LogP contribution in [0.4, 0.5) is 11.4 Å². The SMILES string of the molecule is CCOc1ccc(NS(=O)(=O)c2ccc(C)c(N=Cc3ccccc3O)c2)cc1. The lowest BCUT2D eigenvalue weighted by Crippen LogP contribution is -2.12. The van der Waals surface area contributed by atoms with E-state index in [9.17, 15) is 13.5 Å². The third kappa shape index (κ3) is 5.14. The lowest BCUT2D eigenvalue weighted by molar-refractivity contribution is 0.340. The van der Waals surface area contributed by atoms with Crippen LogP contribution in [0.1, 0.15) is 18.1 Å². The van der Waals surface area contributed by atoms with Crippen molar-refractivity contribution in [1.82, 2.24) is 0 Å². The molecule has 0 aromatic heterocycles. The highest BCUT2D eigenvalue weighted by Crippen LogP contribution is 2.26. The maximum Gasteiger partial charge on any atom is 0.261 e. The van der Waals surface area contributed by atoms with Crippen molar-refractivity contribution in [3.63, 3.8) is 0 Å². The summed E-state index contributed by atoms with van der Waals surface area (Å²) in [6.07, 6.45) is 1.51. The highest BCUT2D eigenvalue weighted by molar-refractivity contribution is 7.92. The molecule has 0 heterocycles. The van der Waals surface area contributed by atoms with Gasteiger partial charge in [0, 0.05) is 17.5 Å². The fraction of sp³-hybridized carbons (Fsp3) is 0.136. The molecule has 0 fully saturated rings. The van der Waals surface area contributed by atoms with Crippen LogP contribution < -0.4 is 9.46 Å². The number of hydrogen-bond acceptors (Lipinski definition) is 5. The Bertz CT molecular complexity index is 1120. The average molecular weight is 410 g/mol. The van der Waals surface area contributed by atoms with E-state index in [2.05, 4.69) is 9.71 Å². The summed E-state index contributed by atoms with van der Waals surface area (Å²) in [6, 6.07) is 18.2. The van der Waals surface area contributed by atoms with Crippen LogP contribution >= 0.6 is 0 Å². The number of anilines is 1. The van der Waals surface area contributed by atoms with E-state index in [1.54, 1.807) is 54.6 Å². The largest absolute Gasteiger partial charge is 0.507 e. The molecule has 0 atom stereocenters. The van der Waals surface area contributed by atoms with E-state index < -0.39 is 10.0 Å². The second-order valence-corrected chi connectivity index (χ2v) is 8.01. The molecule has 0 bridgehead atoms. The maximum atomic E-state index is 12.8. The standard InChI is InChI=1S/C22H22N2O4S/c1-3-28-19-11-9-18(10-12-19)24-29(26,27)20-13-8-16(2)21(14-20)23-15-17-6-4-5-7-22(17)25/h4-15,24-25H,3H2,1-2H3. The van der Waals surface area contributed by atoms with Crippen molar-refractivity contribution in [3.05, 3.63) is 77.9 Å². The van der Waals surface area contributed by atoms with E-state index >= 15 is 0 Å². The van der Waals surface area contributed by atoms with Crippen LogP contribution in [0, 0.1) is 6.92 Å². The van der Waals surface area contributed by atoms with Crippen LogP contribution in [-0.4, -0.2) is 26.3 Å². The molecule has 0 spiro atoms. The van der Waals surface area contributed by atoms with Gasteiger partial charge in [-0.15, -0.1) is 0 Å². The Morgan fingerprint density at radius 1 is 1.07 bits per heavy atom. The summed E-state index contributed by atoms with van der Waals surface area (Å²) in [5.74, 6) is 0.779. The predicted octanol–water partition coefficient (Wildman–Crippen LogP) is 4.65.